The van der Waals surface area contributed by atoms with E-state index in [2.05, 4.69) is 6.92 Å². The van der Waals surface area contributed by atoms with Crippen LogP contribution in [0.2, 0.25) is 0 Å². The first-order chi connectivity index (χ1) is 9.61. The van der Waals surface area contributed by atoms with E-state index >= 15 is 0 Å². The van der Waals surface area contributed by atoms with Gasteiger partial charge in [0.1, 0.15) is 5.75 Å². The van der Waals surface area contributed by atoms with E-state index in [-0.39, 0.29) is 23.4 Å². The minimum Gasteiger partial charge on any atom is -0.506 e. The monoisotopic (exact) mass is 278 g/mol. The molecule has 2 rings (SSSR count). The van der Waals surface area contributed by atoms with E-state index in [9.17, 15) is 9.90 Å². The number of nitrogens with zero attached hydrogens (tertiary/aromatic N) is 1. The maximum Gasteiger partial charge on any atom is 0.254 e. The summed E-state index contributed by atoms with van der Waals surface area (Å²) in [6.07, 6.45) is 3.05. The number of phenols is 1. The van der Waals surface area contributed by atoms with Crippen LogP contribution in [-0.4, -0.2) is 41.7 Å². The fourth-order valence-corrected chi connectivity index (χ4v) is 2.40. The number of likely N-dealkylation sites (tertiary alicyclic amines) is 1. The number of benzene rings is 1. The van der Waals surface area contributed by atoms with Crippen LogP contribution in [0.25, 0.3) is 0 Å². The van der Waals surface area contributed by atoms with Crippen molar-refractivity contribution >= 4 is 11.6 Å². The third-order valence-electron chi connectivity index (χ3n) is 3.50. The number of piperidine rings is 1. The van der Waals surface area contributed by atoms with Crippen LogP contribution in [0.4, 0.5) is 5.69 Å². The summed E-state index contributed by atoms with van der Waals surface area (Å²) in [6.45, 7) is 4.15. The van der Waals surface area contributed by atoms with E-state index < -0.39 is 0 Å². The number of carbonyl (C=O) groups is 1. The molecule has 0 spiro atoms. The summed E-state index contributed by atoms with van der Waals surface area (Å²) in [4.78, 5) is 14.2. The third kappa shape index (κ3) is 3.42. The summed E-state index contributed by atoms with van der Waals surface area (Å²) in [5, 5.41) is 9.60. The molecule has 1 unspecified atom stereocenters. The second-order valence-corrected chi connectivity index (χ2v) is 5.16. The molecule has 3 N–H and O–H groups in total. The molecule has 0 bridgehead atoms. The van der Waals surface area contributed by atoms with Crippen LogP contribution >= 0.6 is 0 Å². The van der Waals surface area contributed by atoms with Gasteiger partial charge in [-0.25, -0.2) is 0 Å². The van der Waals surface area contributed by atoms with Crippen molar-refractivity contribution in [3.8, 4) is 5.75 Å². The van der Waals surface area contributed by atoms with Gasteiger partial charge in [-0.05, 0) is 37.5 Å². The molecule has 1 aliphatic heterocycles. The molecule has 1 aromatic rings. The van der Waals surface area contributed by atoms with E-state index in [1.165, 1.54) is 6.07 Å². The minimum atomic E-state index is -0.0786. The molecule has 5 nitrogen and oxygen atoms in total. The van der Waals surface area contributed by atoms with Crippen LogP contribution < -0.4 is 5.73 Å². The highest BCUT2D eigenvalue weighted by Crippen LogP contribution is 2.23. The first-order valence-corrected chi connectivity index (χ1v) is 7.11. The Morgan fingerprint density at radius 2 is 2.35 bits per heavy atom. The molecule has 1 amide bonds. The maximum atomic E-state index is 12.4. The van der Waals surface area contributed by atoms with Gasteiger partial charge in [0, 0.05) is 25.3 Å². The smallest absolute Gasteiger partial charge is 0.254 e. The Labute approximate surface area is 119 Å². The van der Waals surface area contributed by atoms with Crippen molar-refractivity contribution < 1.29 is 14.6 Å². The second kappa shape index (κ2) is 6.61. The van der Waals surface area contributed by atoms with Gasteiger partial charge < -0.3 is 20.5 Å². The summed E-state index contributed by atoms with van der Waals surface area (Å²) in [5.74, 6) is -0.128. The third-order valence-corrected chi connectivity index (χ3v) is 3.50. The molecule has 0 aromatic heterocycles. The topological polar surface area (TPSA) is 75.8 Å². The second-order valence-electron chi connectivity index (χ2n) is 5.16. The van der Waals surface area contributed by atoms with Crippen molar-refractivity contribution in [2.45, 2.75) is 32.3 Å². The average molecular weight is 278 g/mol. The fourth-order valence-electron chi connectivity index (χ4n) is 2.40. The Kier molecular flexibility index (Phi) is 4.84. The van der Waals surface area contributed by atoms with Gasteiger partial charge in [-0.15, -0.1) is 0 Å². The van der Waals surface area contributed by atoms with Crippen LogP contribution in [0.1, 0.15) is 36.5 Å². The van der Waals surface area contributed by atoms with Crippen LogP contribution in [-0.2, 0) is 4.74 Å². The molecule has 5 heteroatoms. The van der Waals surface area contributed by atoms with Crippen LogP contribution in [0.3, 0.4) is 0 Å². The molecule has 0 aliphatic carbocycles. The lowest BCUT2D eigenvalue weighted by Crippen LogP contribution is -2.43. The lowest BCUT2D eigenvalue weighted by atomic mass is 10.1. The van der Waals surface area contributed by atoms with Crippen molar-refractivity contribution in [1.29, 1.82) is 0 Å². The average Bonchev–Trinajstić information content (AvgIpc) is 2.47. The quantitative estimate of drug-likeness (QED) is 0.652. The Morgan fingerprint density at radius 3 is 3.05 bits per heavy atom. The highest BCUT2D eigenvalue weighted by Gasteiger charge is 2.25. The van der Waals surface area contributed by atoms with Gasteiger partial charge in [-0.2, -0.15) is 0 Å². The molecular formula is C15H22N2O3. The lowest BCUT2D eigenvalue weighted by Gasteiger charge is -2.32. The van der Waals surface area contributed by atoms with Gasteiger partial charge in [0.05, 0.1) is 11.8 Å². The number of rotatable bonds is 4. The predicted molar refractivity (Wildman–Crippen MR) is 77.7 cm³/mol. The van der Waals surface area contributed by atoms with Gasteiger partial charge in [-0.1, -0.05) is 6.92 Å². The lowest BCUT2D eigenvalue weighted by molar-refractivity contribution is 0.00210. The van der Waals surface area contributed by atoms with Crippen molar-refractivity contribution in [3.05, 3.63) is 23.8 Å². The molecule has 110 valence electrons. The number of hydrogen-bond acceptors (Lipinski definition) is 4. The van der Waals surface area contributed by atoms with Crippen LogP contribution in [0.15, 0.2) is 18.2 Å². The van der Waals surface area contributed by atoms with Crippen molar-refractivity contribution in [3.63, 3.8) is 0 Å². The number of amides is 1. The number of phenolic OH excluding ortho intramolecular Hbond substituents is 1. The molecule has 0 radical (unpaired) electrons. The Morgan fingerprint density at radius 1 is 1.55 bits per heavy atom. The number of nitrogen functional groups attached to an aromatic ring is 1. The van der Waals surface area contributed by atoms with E-state index in [0.29, 0.717) is 12.1 Å². The predicted octanol–water partition coefficient (Wildman–Crippen LogP) is 2.01. The number of ether oxygens (including phenoxy) is 1. The van der Waals surface area contributed by atoms with Gasteiger partial charge in [0.15, 0.2) is 0 Å². The van der Waals surface area contributed by atoms with Gasteiger partial charge in [-0.3, -0.25) is 4.79 Å². The molecule has 1 heterocycles. The Bertz CT molecular complexity index is 476. The molecule has 0 saturated carbocycles. The number of hydrogen-bond donors (Lipinski definition) is 2. The number of nitrogens with two attached hydrogens (primary N) is 1. The number of aromatic hydroxyl groups is 1. The zero-order valence-corrected chi connectivity index (χ0v) is 11.8. The summed E-state index contributed by atoms with van der Waals surface area (Å²) in [6, 6.07) is 4.62. The van der Waals surface area contributed by atoms with E-state index in [4.69, 9.17) is 10.5 Å². The van der Waals surface area contributed by atoms with Gasteiger partial charge in [0.25, 0.3) is 5.91 Å². The fraction of sp³-hybridized carbons (Fsp3) is 0.533. The first-order valence-electron chi connectivity index (χ1n) is 7.11. The molecule has 1 aromatic carbocycles. The number of anilines is 1. The van der Waals surface area contributed by atoms with Gasteiger partial charge in [0.2, 0.25) is 0 Å². The van der Waals surface area contributed by atoms with Crippen molar-refractivity contribution in [2.75, 3.05) is 25.4 Å². The van der Waals surface area contributed by atoms with Crippen molar-refractivity contribution in [2.24, 2.45) is 0 Å². The SMILES string of the molecule is CCCOC1CCCN(C(=O)c2ccc(N)c(O)c2)C1. The summed E-state index contributed by atoms with van der Waals surface area (Å²) >= 11 is 0. The van der Waals surface area contributed by atoms with Crippen LogP contribution in [0, 0.1) is 0 Å². The van der Waals surface area contributed by atoms with Crippen LogP contribution in [0.5, 0.6) is 5.75 Å². The standard InChI is InChI=1S/C15H22N2O3/c1-2-8-20-12-4-3-7-17(10-12)15(19)11-5-6-13(16)14(18)9-11/h5-6,9,12,18H,2-4,7-8,10,16H2,1H3. The molecule has 1 saturated heterocycles. The molecular weight excluding hydrogens is 256 g/mol. The van der Waals surface area contributed by atoms with E-state index in [0.717, 1.165) is 32.4 Å². The Hall–Kier alpha value is -1.75. The van der Waals surface area contributed by atoms with Gasteiger partial charge >= 0.3 is 0 Å². The summed E-state index contributed by atoms with van der Waals surface area (Å²) < 4.78 is 5.73. The first kappa shape index (κ1) is 14.7. The normalized spacial score (nSPS) is 19.1. The largest absolute Gasteiger partial charge is 0.506 e. The summed E-state index contributed by atoms with van der Waals surface area (Å²) in [5.41, 5.74) is 6.30. The molecule has 1 fully saturated rings. The maximum absolute atomic E-state index is 12.4. The zero-order valence-electron chi connectivity index (χ0n) is 11.8. The highest BCUT2D eigenvalue weighted by molar-refractivity contribution is 5.95. The molecule has 1 aliphatic rings. The van der Waals surface area contributed by atoms with Crippen molar-refractivity contribution in [1.82, 2.24) is 4.90 Å². The molecule has 20 heavy (non-hydrogen) atoms. The Balaban J connectivity index is 2.02. The summed E-state index contributed by atoms with van der Waals surface area (Å²) in [7, 11) is 0. The zero-order chi connectivity index (χ0) is 14.5. The molecule has 1 atom stereocenters. The van der Waals surface area contributed by atoms with E-state index in [1.54, 1.807) is 17.0 Å². The highest BCUT2D eigenvalue weighted by atomic mass is 16.5. The number of carbonyl (C=O) groups excluding carboxylic acids is 1. The van der Waals surface area contributed by atoms with E-state index in [1.807, 2.05) is 0 Å². The minimum absolute atomic E-state index is 0.0494.